The molecule has 0 spiro atoms. The summed E-state index contributed by atoms with van der Waals surface area (Å²) in [6.07, 6.45) is 0.901. The van der Waals surface area contributed by atoms with Crippen molar-refractivity contribution in [3.63, 3.8) is 0 Å². The van der Waals surface area contributed by atoms with Crippen LogP contribution in [0.5, 0.6) is 5.75 Å². The molecule has 0 saturated carbocycles. The monoisotopic (exact) mass is 353 g/mol. The van der Waals surface area contributed by atoms with Crippen LogP contribution in [-0.2, 0) is 0 Å². The van der Waals surface area contributed by atoms with Crippen LogP contribution >= 0.6 is 0 Å². The van der Waals surface area contributed by atoms with Gasteiger partial charge in [0.25, 0.3) is 5.91 Å². The van der Waals surface area contributed by atoms with Crippen LogP contribution in [0.1, 0.15) is 41.1 Å². The first-order valence-electron chi connectivity index (χ1n) is 8.38. The highest BCUT2D eigenvalue weighted by Gasteiger charge is 2.35. The quantitative estimate of drug-likeness (QED) is 0.779. The van der Waals surface area contributed by atoms with Gasteiger partial charge in [-0.05, 0) is 42.3 Å². The largest absolute Gasteiger partial charge is 0.494 e. The average molecular weight is 353 g/mol. The summed E-state index contributed by atoms with van der Waals surface area (Å²) in [6.45, 7) is 2.63. The first kappa shape index (κ1) is 16.3. The zero-order valence-electron chi connectivity index (χ0n) is 14.0. The highest BCUT2D eigenvalue weighted by molar-refractivity contribution is 5.98. The van der Waals surface area contributed by atoms with Crippen LogP contribution in [0.3, 0.4) is 0 Å². The Morgan fingerprint density at radius 3 is 2.65 bits per heavy atom. The number of halogens is 1. The maximum atomic E-state index is 13.5. The molecule has 1 aliphatic heterocycles. The molecule has 0 saturated heterocycles. The predicted molar refractivity (Wildman–Crippen MR) is 94.0 cm³/mol. The van der Waals surface area contributed by atoms with E-state index < -0.39 is 23.2 Å². The number of hydrogen-bond donors (Lipinski definition) is 1. The van der Waals surface area contributed by atoms with Crippen molar-refractivity contribution in [2.45, 2.75) is 19.4 Å². The summed E-state index contributed by atoms with van der Waals surface area (Å²) in [7, 11) is 0. The molecule has 1 amide bonds. The third kappa shape index (κ3) is 2.63. The van der Waals surface area contributed by atoms with Crippen LogP contribution < -0.4 is 15.5 Å². The fraction of sp³-hybridized carbons (Fsp3) is 0.200. The highest BCUT2D eigenvalue weighted by Crippen LogP contribution is 2.31. The number of benzene rings is 2. The van der Waals surface area contributed by atoms with Crippen molar-refractivity contribution < 1.29 is 18.3 Å². The minimum Gasteiger partial charge on any atom is -0.494 e. The van der Waals surface area contributed by atoms with Crippen molar-refractivity contribution in [3.05, 3.63) is 75.4 Å². The summed E-state index contributed by atoms with van der Waals surface area (Å²) in [4.78, 5) is 25.1. The first-order valence-corrected chi connectivity index (χ1v) is 8.38. The lowest BCUT2D eigenvalue weighted by Crippen LogP contribution is -2.21. The second-order valence-corrected chi connectivity index (χ2v) is 6.14. The Balaban J connectivity index is 1.80. The molecule has 132 valence electrons. The van der Waals surface area contributed by atoms with Crippen molar-refractivity contribution >= 4 is 16.9 Å². The molecular formula is C20H16FNO4. The molecule has 1 atom stereocenters. The third-order valence-electron chi connectivity index (χ3n) is 4.34. The first-order chi connectivity index (χ1) is 12.6. The van der Waals surface area contributed by atoms with Gasteiger partial charge in [0.05, 0.1) is 23.6 Å². The van der Waals surface area contributed by atoms with Crippen LogP contribution in [0.2, 0.25) is 0 Å². The Kier molecular flexibility index (Phi) is 3.95. The van der Waals surface area contributed by atoms with E-state index in [0.717, 1.165) is 18.1 Å². The second-order valence-electron chi connectivity index (χ2n) is 6.14. The molecule has 2 aromatic carbocycles. The molecule has 1 unspecified atom stereocenters. The summed E-state index contributed by atoms with van der Waals surface area (Å²) < 4.78 is 24.7. The van der Waals surface area contributed by atoms with Crippen molar-refractivity contribution in [1.29, 1.82) is 0 Å². The number of hydrogen-bond acceptors (Lipinski definition) is 4. The van der Waals surface area contributed by atoms with Crippen molar-refractivity contribution in [1.82, 2.24) is 5.32 Å². The molecule has 0 aliphatic carbocycles. The zero-order chi connectivity index (χ0) is 18.3. The molecule has 4 rings (SSSR count). The van der Waals surface area contributed by atoms with E-state index in [1.807, 2.05) is 6.92 Å². The van der Waals surface area contributed by atoms with Gasteiger partial charge in [-0.1, -0.05) is 19.1 Å². The van der Waals surface area contributed by atoms with E-state index in [9.17, 15) is 14.0 Å². The van der Waals surface area contributed by atoms with Gasteiger partial charge in [0.15, 0.2) is 5.43 Å². The van der Waals surface area contributed by atoms with Gasteiger partial charge in [0.2, 0.25) is 5.76 Å². The van der Waals surface area contributed by atoms with E-state index in [-0.39, 0.29) is 22.3 Å². The van der Waals surface area contributed by atoms with Gasteiger partial charge in [-0.2, -0.15) is 0 Å². The lowest BCUT2D eigenvalue weighted by atomic mass is 9.99. The molecule has 0 bridgehead atoms. The van der Waals surface area contributed by atoms with Gasteiger partial charge < -0.3 is 14.5 Å². The lowest BCUT2D eigenvalue weighted by molar-refractivity contribution is 0.0938. The van der Waals surface area contributed by atoms with Crippen LogP contribution in [0.4, 0.5) is 4.39 Å². The smallest absolute Gasteiger partial charge is 0.288 e. The minimum atomic E-state index is -0.637. The fourth-order valence-electron chi connectivity index (χ4n) is 3.11. The van der Waals surface area contributed by atoms with E-state index in [2.05, 4.69) is 5.32 Å². The molecule has 0 radical (unpaired) electrons. The average Bonchev–Trinajstić information content (AvgIpc) is 2.98. The number of amides is 1. The Bertz CT molecular complexity index is 1060. The van der Waals surface area contributed by atoms with Gasteiger partial charge >= 0.3 is 0 Å². The summed E-state index contributed by atoms with van der Waals surface area (Å²) >= 11 is 0. The van der Waals surface area contributed by atoms with E-state index in [0.29, 0.717) is 12.4 Å². The number of rotatable bonds is 4. The molecule has 1 aliphatic rings. The molecule has 2 heterocycles. The SMILES string of the molecule is CCCOc1ccc(C2NC(=O)c3oc4ccc(F)cc4c(=O)c32)cc1. The number of nitrogens with one attached hydrogen (secondary N) is 1. The normalized spacial score (nSPS) is 15.8. The van der Waals surface area contributed by atoms with Crippen molar-refractivity contribution in [2.75, 3.05) is 6.61 Å². The summed E-state index contributed by atoms with van der Waals surface area (Å²) in [5.74, 6) is -0.297. The maximum Gasteiger partial charge on any atom is 0.288 e. The Labute approximate surface area is 148 Å². The number of carbonyl (C=O) groups is 1. The van der Waals surface area contributed by atoms with Gasteiger partial charge in [-0.3, -0.25) is 9.59 Å². The van der Waals surface area contributed by atoms with E-state index >= 15 is 0 Å². The number of carbonyl (C=O) groups excluding carboxylic acids is 1. The minimum absolute atomic E-state index is 0.0228. The molecule has 0 fully saturated rings. The summed E-state index contributed by atoms with van der Waals surface area (Å²) in [6, 6.07) is 10.2. The second kappa shape index (κ2) is 6.29. The fourth-order valence-corrected chi connectivity index (χ4v) is 3.11. The molecule has 6 heteroatoms. The molecule has 1 aromatic heterocycles. The van der Waals surface area contributed by atoms with Crippen LogP contribution in [0, 0.1) is 5.82 Å². The van der Waals surface area contributed by atoms with Crippen LogP contribution in [0.25, 0.3) is 11.0 Å². The van der Waals surface area contributed by atoms with Crippen LogP contribution in [-0.4, -0.2) is 12.5 Å². The van der Waals surface area contributed by atoms with Crippen LogP contribution in [0.15, 0.2) is 51.7 Å². The molecule has 1 N–H and O–H groups in total. The van der Waals surface area contributed by atoms with Crippen molar-refractivity contribution in [2.24, 2.45) is 0 Å². The van der Waals surface area contributed by atoms with Gasteiger partial charge in [-0.15, -0.1) is 0 Å². The standard InChI is InChI=1S/C20H16FNO4/c1-2-9-25-13-6-3-11(4-7-13)17-16-18(23)14-10-12(21)5-8-15(14)26-19(16)20(24)22-17/h3-8,10,17H,2,9H2,1H3,(H,22,24). The van der Waals surface area contributed by atoms with Crippen molar-refractivity contribution in [3.8, 4) is 5.75 Å². The summed E-state index contributed by atoms with van der Waals surface area (Å²) in [5.41, 5.74) is 0.712. The lowest BCUT2D eigenvalue weighted by Gasteiger charge is -2.12. The van der Waals surface area contributed by atoms with E-state index in [1.165, 1.54) is 12.1 Å². The summed E-state index contributed by atoms with van der Waals surface area (Å²) in [5, 5.41) is 2.88. The number of fused-ring (bicyclic) bond motifs is 2. The highest BCUT2D eigenvalue weighted by atomic mass is 19.1. The Morgan fingerprint density at radius 2 is 1.92 bits per heavy atom. The molecule has 5 nitrogen and oxygen atoms in total. The topological polar surface area (TPSA) is 68.5 Å². The van der Waals surface area contributed by atoms with Gasteiger partial charge in [-0.25, -0.2) is 4.39 Å². The third-order valence-corrected chi connectivity index (χ3v) is 4.34. The zero-order valence-corrected chi connectivity index (χ0v) is 14.0. The van der Waals surface area contributed by atoms with Gasteiger partial charge in [0, 0.05) is 0 Å². The molecule has 26 heavy (non-hydrogen) atoms. The van der Waals surface area contributed by atoms with Gasteiger partial charge in [0.1, 0.15) is 17.1 Å². The molecular weight excluding hydrogens is 337 g/mol. The Hall–Kier alpha value is -3.15. The van der Waals surface area contributed by atoms with E-state index in [4.69, 9.17) is 9.15 Å². The Morgan fingerprint density at radius 1 is 1.15 bits per heavy atom. The number of ether oxygens (including phenoxy) is 1. The molecule has 3 aromatic rings. The van der Waals surface area contributed by atoms with E-state index in [1.54, 1.807) is 24.3 Å². The maximum absolute atomic E-state index is 13.5. The predicted octanol–water partition coefficient (Wildman–Crippen LogP) is 3.55.